The predicted octanol–water partition coefficient (Wildman–Crippen LogP) is 1.52. The van der Waals surface area contributed by atoms with E-state index in [4.69, 9.17) is 10.5 Å². The predicted molar refractivity (Wildman–Crippen MR) is 72.9 cm³/mol. The SMILES string of the molecule is COc1cccc2c1nc(N)n2CCn1cccn1. The maximum absolute atomic E-state index is 5.98. The summed E-state index contributed by atoms with van der Waals surface area (Å²) in [5.41, 5.74) is 7.75. The van der Waals surface area contributed by atoms with E-state index in [1.807, 2.05) is 39.7 Å². The van der Waals surface area contributed by atoms with Crippen LogP contribution in [-0.2, 0) is 13.1 Å². The molecule has 0 aliphatic heterocycles. The van der Waals surface area contributed by atoms with E-state index in [0.717, 1.165) is 29.9 Å². The normalized spacial score (nSPS) is 11.0. The van der Waals surface area contributed by atoms with Gasteiger partial charge in [-0.3, -0.25) is 4.68 Å². The van der Waals surface area contributed by atoms with E-state index >= 15 is 0 Å². The van der Waals surface area contributed by atoms with Gasteiger partial charge in [0.1, 0.15) is 11.3 Å². The number of hydrogen-bond donors (Lipinski definition) is 1. The number of nitrogen functional groups attached to an aromatic ring is 1. The Labute approximate surface area is 110 Å². The highest BCUT2D eigenvalue weighted by Crippen LogP contribution is 2.26. The smallest absolute Gasteiger partial charge is 0.201 e. The van der Waals surface area contributed by atoms with Gasteiger partial charge >= 0.3 is 0 Å². The van der Waals surface area contributed by atoms with Gasteiger partial charge in [0.25, 0.3) is 0 Å². The largest absolute Gasteiger partial charge is 0.494 e. The summed E-state index contributed by atoms with van der Waals surface area (Å²) in [6, 6.07) is 7.71. The third-order valence-electron chi connectivity index (χ3n) is 3.10. The Bertz CT molecular complexity index is 686. The third-order valence-corrected chi connectivity index (χ3v) is 3.10. The molecular weight excluding hydrogens is 242 g/mol. The first kappa shape index (κ1) is 11.6. The highest BCUT2D eigenvalue weighted by molar-refractivity contribution is 5.84. The summed E-state index contributed by atoms with van der Waals surface area (Å²) >= 11 is 0. The molecule has 0 saturated heterocycles. The molecule has 0 saturated carbocycles. The van der Waals surface area contributed by atoms with Gasteiger partial charge in [0.2, 0.25) is 5.95 Å². The Morgan fingerprint density at radius 1 is 1.26 bits per heavy atom. The van der Waals surface area contributed by atoms with Crippen LogP contribution >= 0.6 is 0 Å². The van der Waals surface area contributed by atoms with Crippen LogP contribution < -0.4 is 10.5 Å². The lowest BCUT2D eigenvalue weighted by atomic mass is 10.3. The van der Waals surface area contributed by atoms with E-state index in [-0.39, 0.29) is 0 Å². The van der Waals surface area contributed by atoms with Gasteiger partial charge < -0.3 is 15.0 Å². The molecule has 6 nitrogen and oxygen atoms in total. The second kappa shape index (κ2) is 4.64. The van der Waals surface area contributed by atoms with Crippen molar-refractivity contribution in [3.8, 4) is 5.75 Å². The van der Waals surface area contributed by atoms with Crippen molar-refractivity contribution in [2.45, 2.75) is 13.1 Å². The molecule has 0 atom stereocenters. The maximum Gasteiger partial charge on any atom is 0.201 e. The standard InChI is InChI=1S/C13H15N5O/c1-19-11-5-2-4-10-12(11)16-13(14)18(10)9-8-17-7-3-6-15-17/h2-7H,8-9H2,1H3,(H2,14,16). The fourth-order valence-corrected chi connectivity index (χ4v) is 2.17. The lowest BCUT2D eigenvalue weighted by molar-refractivity contribution is 0.419. The average molecular weight is 257 g/mol. The van der Waals surface area contributed by atoms with Crippen molar-refractivity contribution in [2.24, 2.45) is 0 Å². The van der Waals surface area contributed by atoms with Gasteiger partial charge in [-0.1, -0.05) is 6.07 Å². The summed E-state index contributed by atoms with van der Waals surface area (Å²) in [4.78, 5) is 4.37. The molecule has 19 heavy (non-hydrogen) atoms. The molecule has 0 bridgehead atoms. The molecule has 0 spiro atoms. The fraction of sp³-hybridized carbons (Fsp3) is 0.231. The molecule has 6 heteroatoms. The third kappa shape index (κ3) is 2.01. The van der Waals surface area contributed by atoms with Gasteiger partial charge in [0, 0.05) is 18.9 Å². The van der Waals surface area contributed by atoms with Crippen LogP contribution in [0.5, 0.6) is 5.75 Å². The van der Waals surface area contributed by atoms with Gasteiger partial charge in [0.05, 0.1) is 19.2 Å². The lowest BCUT2D eigenvalue weighted by Gasteiger charge is -2.07. The van der Waals surface area contributed by atoms with Crippen molar-refractivity contribution in [1.29, 1.82) is 0 Å². The van der Waals surface area contributed by atoms with Crippen molar-refractivity contribution in [1.82, 2.24) is 19.3 Å². The summed E-state index contributed by atoms with van der Waals surface area (Å²) in [7, 11) is 1.63. The van der Waals surface area contributed by atoms with E-state index in [9.17, 15) is 0 Å². The number of methoxy groups -OCH3 is 1. The van der Waals surface area contributed by atoms with Gasteiger partial charge in [0.15, 0.2) is 0 Å². The summed E-state index contributed by atoms with van der Waals surface area (Å²) < 4.78 is 9.14. The number of para-hydroxylation sites is 1. The molecule has 2 N–H and O–H groups in total. The lowest BCUT2D eigenvalue weighted by Crippen LogP contribution is -2.10. The number of ether oxygens (including phenoxy) is 1. The molecule has 2 heterocycles. The number of rotatable bonds is 4. The summed E-state index contributed by atoms with van der Waals surface area (Å²) in [5, 5.41) is 4.18. The molecule has 0 unspecified atom stereocenters. The van der Waals surface area contributed by atoms with Gasteiger partial charge in [-0.05, 0) is 18.2 Å². The zero-order chi connectivity index (χ0) is 13.2. The van der Waals surface area contributed by atoms with Crippen molar-refractivity contribution < 1.29 is 4.74 Å². The van der Waals surface area contributed by atoms with Crippen LogP contribution in [0, 0.1) is 0 Å². The monoisotopic (exact) mass is 257 g/mol. The molecule has 0 aliphatic rings. The minimum Gasteiger partial charge on any atom is -0.494 e. The van der Waals surface area contributed by atoms with Crippen LogP contribution in [-0.4, -0.2) is 26.4 Å². The zero-order valence-electron chi connectivity index (χ0n) is 10.7. The molecular formula is C13H15N5O. The molecule has 0 amide bonds. The van der Waals surface area contributed by atoms with Crippen molar-refractivity contribution >= 4 is 17.0 Å². The van der Waals surface area contributed by atoms with Gasteiger partial charge in [-0.25, -0.2) is 4.98 Å². The van der Waals surface area contributed by atoms with Crippen LogP contribution in [0.1, 0.15) is 0 Å². The zero-order valence-corrected chi connectivity index (χ0v) is 10.7. The van der Waals surface area contributed by atoms with E-state index in [1.54, 1.807) is 13.3 Å². The highest BCUT2D eigenvalue weighted by Gasteiger charge is 2.11. The number of imidazole rings is 1. The Morgan fingerprint density at radius 3 is 2.89 bits per heavy atom. The Kier molecular flexibility index (Phi) is 2.83. The minimum absolute atomic E-state index is 0.492. The summed E-state index contributed by atoms with van der Waals surface area (Å²) in [6.45, 7) is 1.47. The molecule has 1 aromatic carbocycles. The summed E-state index contributed by atoms with van der Waals surface area (Å²) in [6.07, 6.45) is 3.69. The average Bonchev–Trinajstić information content (AvgIpc) is 3.03. The van der Waals surface area contributed by atoms with Crippen LogP contribution in [0.15, 0.2) is 36.7 Å². The molecule has 0 aliphatic carbocycles. The first-order valence-corrected chi connectivity index (χ1v) is 6.06. The van der Waals surface area contributed by atoms with E-state index < -0.39 is 0 Å². The second-order valence-electron chi connectivity index (χ2n) is 4.22. The first-order chi connectivity index (χ1) is 9.29. The molecule has 0 radical (unpaired) electrons. The second-order valence-corrected chi connectivity index (χ2v) is 4.22. The van der Waals surface area contributed by atoms with Crippen LogP contribution in [0.4, 0.5) is 5.95 Å². The molecule has 3 rings (SSSR count). The van der Waals surface area contributed by atoms with Gasteiger partial charge in [-0.2, -0.15) is 5.10 Å². The quantitative estimate of drug-likeness (QED) is 0.769. The Balaban J connectivity index is 1.96. The number of hydrogen-bond acceptors (Lipinski definition) is 4. The number of nitrogens with two attached hydrogens (primary N) is 1. The van der Waals surface area contributed by atoms with E-state index in [0.29, 0.717) is 5.95 Å². The van der Waals surface area contributed by atoms with E-state index in [1.165, 1.54) is 0 Å². The first-order valence-electron chi connectivity index (χ1n) is 6.06. The van der Waals surface area contributed by atoms with Crippen molar-refractivity contribution in [3.63, 3.8) is 0 Å². The molecule has 2 aromatic heterocycles. The molecule has 3 aromatic rings. The number of anilines is 1. The number of benzene rings is 1. The van der Waals surface area contributed by atoms with Gasteiger partial charge in [-0.15, -0.1) is 0 Å². The Hall–Kier alpha value is -2.50. The molecule has 0 fully saturated rings. The maximum atomic E-state index is 5.98. The topological polar surface area (TPSA) is 70.9 Å². The Morgan fingerprint density at radius 2 is 2.16 bits per heavy atom. The minimum atomic E-state index is 0.492. The molecule has 98 valence electrons. The highest BCUT2D eigenvalue weighted by atomic mass is 16.5. The van der Waals surface area contributed by atoms with Crippen LogP contribution in [0.3, 0.4) is 0 Å². The number of aryl methyl sites for hydroxylation is 2. The van der Waals surface area contributed by atoms with Crippen LogP contribution in [0.25, 0.3) is 11.0 Å². The fourth-order valence-electron chi connectivity index (χ4n) is 2.17. The van der Waals surface area contributed by atoms with E-state index in [2.05, 4.69) is 10.1 Å². The van der Waals surface area contributed by atoms with Crippen molar-refractivity contribution in [2.75, 3.05) is 12.8 Å². The van der Waals surface area contributed by atoms with Crippen molar-refractivity contribution in [3.05, 3.63) is 36.7 Å². The summed E-state index contributed by atoms with van der Waals surface area (Å²) in [5.74, 6) is 1.23. The number of fused-ring (bicyclic) bond motifs is 1. The number of aromatic nitrogens is 4. The number of nitrogens with zero attached hydrogens (tertiary/aromatic N) is 4. The van der Waals surface area contributed by atoms with Crippen LogP contribution in [0.2, 0.25) is 0 Å².